The van der Waals surface area contributed by atoms with E-state index in [-0.39, 0.29) is 5.91 Å². The highest BCUT2D eigenvalue weighted by molar-refractivity contribution is 6.34. The van der Waals surface area contributed by atoms with E-state index in [2.05, 4.69) is 10.1 Å². The van der Waals surface area contributed by atoms with E-state index in [1.807, 2.05) is 19.0 Å². The zero-order chi connectivity index (χ0) is 17.0. The van der Waals surface area contributed by atoms with Gasteiger partial charge in [0.25, 0.3) is 5.91 Å². The number of para-hydroxylation sites is 1. The Hall–Kier alpha value is -2.53. The van der Waals surface area contributed by atoms with Crippen LogP contribution in [0.5, 0.6) is 0 Å². The second kappa shape index (κ2) is 7.15. The second-order valence-electron chi connectivity index (χ2n) is 5.05. The Morgan fingerprint density at radius 3 is 2.22 bits per heavy atom. The topological polar surface area (TPSA) is 58.6 Å². The summed E-state index contributed by atoms with van der Waals surface area (Å²) in [6, 6.07) is 11.5. The Kier molecular flexibility index (Phi) is 5.24. The fraction of sp³-hybridized carbons (Fsp3) is 0.176. The number of halogens is 1. The summed E-state index contributed by atoms with van der Waals surface area (Å²) in [6.45, 7) is 0. The van der Waals surface area contributed by atoms with Crippen molar-refractivity contribution in [1.82, 2.24) is 0 Å². The first-order valence-electron chi connectivity index (χ1n) is 6.89. The molecule has 0 fully saturated rings. The number of nitrogens with zero attached hydrogens (tertiary/aromatic N) is 1. The summed E-state index contributed by atoms with van der Waals surface area (Å²) in [5, 5.41) is 3.38. The molecule has 0 aliphatic carbocycles. The highest BCUT2D eigenvalue weighted by atomic mass is 35.5. The maximum absolute atomic E-state index is 12.4. The number of carbonyl (C=O) groups is 2. The van der Waals surface area contributed by atoms with Gasteiger partial charge in [0.05, 0.1) is 29.1 Å². The van der Waals surface area contributed by atoms with E-state index in [4.69, 9.17) is 11.6 Å². The Balaban J connectivity index is 2.23. The molecule has 0 spiro atoms. The van der Waals surface area contributed by atoms with Gasteiger partial charge in [-0.15, -0.1) is 0 Å². The summed E-state index contributed by atoms with van der Waals surface area (Å²) in [4.78, 5) is 25.6. The number of nitrogens with one attached hydrogen (secondary N) is 1. The smallest absolute Gasteiger partial charge is 0.337 e. The summed E-state index contributed by atoms with van der Waals surface area (Å²) in [5.74, 6) is -0.728. The number of ether oxygens (including phenoxy) is 1. The van der Waals surface area contributed by atoms with E-state index in [1.54, 1.807) is 42.5 Å². The van der Waals surface area contributed by atoms with Gasteiger partial charge in [0.2, 0.25) is 0 Å². The molecule has 1 amide bonds. The molecule has 23 heavy (non-hydrogen) atoms. The number of methoxy groups -OCH3 is 1. The Morgan fingerprint density at radius 2 is 1.65 bits per heavy atom. The standard InChI is InChI=1S/C17H17ClN2O3/c1-20(2)15-13(18)5-4-6-14(15)19-16(21)11-7-9-12(10-8-11)17(22)23-3/h4-10H,1-3H3,(H,19,21). The van der Waals surface area contributed by atoms with Crippen molar-refractivity contribution in [2.24, 2.45) is 0 Å². The van der Waals surface area contributed by atoms with Gasteiger partial charge in [0, 0.05) is 19.7 Å². The van der Waals surface area contributed by atoms with Gasteiger partial charge in [-0.2, -0.15) is 0 Å². The largest absolute Gasteiger partial charge is 0.465 e. The summed E-state index contributed by atoms with van der Waals surface area (Å²) in [6.07, 6.45) is 0. The van der Waals surface area contributed by atoms with E-state index < -0.39 is 5.97 Å². The second-order valence-corrected chi connectivity index (χ2v) is 5.46. The minimum absolute atomic E-state index is 0.285. The Bertz CT molecular complexity index is 727. The number of esters is 1. The number of rotatable bonds is 4. The first-order valence-corrected chi connectivity index (χ1v) is 7.27. The maximum Gasteiger partial charge on any atom is 0.337 e. The van der Waals surface area contributed by atoms with Crippen LogP contribution in [-0.4, -0.2) is 33.1 Å². The predicted molar refractivity (Wildman–Crippen MR) is 91.5 cm³/mol. The summed E-state index contributed by atoms with van der Waals surface area (Å²) in [7, 11) is 5.01. The molecule has 0 saturated heterocycles. The molecule has 0 atom stereocenters. The monoisotopic (exact) mass is 332 g/mol. The number of anilines is 2. The molecular formula is C17H17ClN2O3. The SMILES string of the molecule is COC(=O)c1ccc(C(=O)Nc2cccc(Cl)c2N(C)C)cc1. The third-order valence-corrected chi connectivity index (χ3v) is 3.56. The normalized spacial score (nSPS) is 10.1. The lowest BCUT2D eigenvalue weighted by molar-refractivity contribution is 0.0600. The molecule has 0 aliphatic heterocycles. The van der Waals surface area contributed by atoms with Gasteiger partial charge in [-0.1, -0.05) is 17.7 Å². The minimum atomic E-state index is -0.443. The molecule has 1 N–H and O–H groups in total. The minimum Gasteiger partial charge on any atom is -0.465 e. The highest BCUT2D eigenvalue weighted by Gasteiger charge is 2.14. The van der Waals surface area contributed by atoms with Gasteiger partial charge in [-0.3, -0.25) is 4.79 Å². The number of benzene rings is 2. The van der Waals surface area contributed by atoms with Gasteiger partial charge < -0.3 is 15.0 Å². The number of hydrogen-bond donors (Lipinski definition) is 1. The van der Waals surface area contributed by atoms with Gasteiger partial charge in [-0.25, -0.2) is 4.79 Å². The van der Waals surface area contributed by atoms with Crippen LogP contribution in [0.3, 0.4) is 0 Å². The van der Waals surface area contributed by atoms with E-state index >= 15 is 0 Å². The van der Waals surface area contributed by atoms with Crippen molar-refractivity contribution in [3.8, 4) is 0 Å². The van der Waals surface area contributed by atoms with Crippen LogP contribution in [0.1, 0.15) is 20.7 Å². The molecule has 0 saturated carbocycles. The summed E-state index contributed by atoms with van der Waals surface area (Å²) >= 11 is 6.18. The Morgan fingerprint density at radius 1 is 1.04 bits per heavy atom. The van der Waals surface area contributed by atoms with E-state index in [1.165, 1.54) is 7.11 Å². The number of carbonyl (C=O) groups excluding carboxylic acids is 2. The van der Waals surface area contributed by atoms with Crippen LogP contribution in [-0.2, 0) is 4.74 Å². The van der Waals surface area contributed by atoms with Gasteiger partial charge >= 0.3 is 5.97 Å². The van der Waals surface area contributed by atoms with E-state index in [0.717, 1.165) is 5.69 Å². The number of amides is 1. The van der Waals surface area contributed by atoms with E-state index in [0.29, 0.717) is 21.8 Å². The maximum atomic E-state index is 12.4. The van der Waals surface area contributed by atoms with Crippen molar-refractivity contribution < 1.29 is 14.3 Å². The first-order chi connectivity index (χ1) is 10.9. The third kappa shape index (κ3) is 3.81. The van der Waals surface area contributed by atoms with Crippen LogP contribution in [0.25, 0.3) is 0 Å². The van der Waals surface area contributed by atoms with Crippen molar-refractivity contribution in [3.05, 3.63) is 58.6 Å². The molecule has 0 unspecified atom stereocenters. The van der Waals surface area contributed by atoms with Crippen molar-refractivity contribution >= 4 is 34.9 Å². The zero-order valence-corrected chi connectivity index (χ0v) is 13.8. The molecule has 2 aromatic rings. The average molecular weight is 333 g/mol. The van der Waals surface area contributed by atoms with Crippen LogP contribution in [0.2, 0.25) is 5.02 Å². The van der Waals surface area contributed by atoms with Gasteiger partial charge in [0.1, 0.15) is 0 Å². The molecule has 0 aliphatic rings. The van der Waals surface area contributed by atoms with Crippen molar-refractivity contribution in [2.45, 2.75) is 0 Å². The summed E-state index contributed by atoms with van der Waals surface area (Å²) in [5.41, 5.74) is 2.17. The van der Waals surface area contributed by atoms with Crippen LogP contribution in [0, 0.1) is 0 Å². The Labute approximate surface area is 139 Å². The molecule has 5 nitrogen and oxygen atoms in total. The molecule has 0 bridgehead atoms. The zero-order valence-electron chi connectivity index (χ0n) is 13.1. The fourth-order valence-electron chi connectivity index (χ4n) is 2.14. The quantitative estimate of drug-likeness (QED) is 0.871. The van der Waals surface area contributed by atoms with Gasteiger partial charge in [-0.05, 0) is 36.4 Å². The third-order valence-electron chi connectivity index (χ3n) is 3.25. The highest BCUT2D eigenvalue weighted by Crippen LogP contribution is 2.32. The van der Waals surface area contributed by atoms with Crippen LogP contribution >= 0.6 is 11.6 Å². The predicted octanol–water partition coefficient (Wildman–Crippen LogP) is 3.44. The lowest BCUT2D eigenvalue weighted by Gasteiger charge is -2.19. The van der Waals surface area contributed by atoms with Crippen molar-refractivity contribution in [2.75, 3.05) is 31.4 Å². The van der Waals surface area contributed by atoms with Crippen LogP contribution in [0.15, 0.2) is 42.5 Å². The molecule has 6 heteroatoms. The van der Waals surface area contributed by atoms with Gasteiger partial charge in [0.15, 0.2) is 0 Å². The molecule has 0 heterocycles. The van der Waals surface area contributed by atoms with E-state index in [9.17, 15) is 9.59 Å². The molecule has 0 aromatic heterocycles. The van der Waals surface area contributed by atoms with Crippen molar-refractivity contribution in [1.29, 1.82) is 0 Å². The fourth-order valence-corrected chi connectivity index (χ4v) is 2.48. The average Bonchev–Trinajstić information content (AvgIpc) is 2.54. The molecule has 2 rings (SSSR count). The van der Waals surface area contributed by atoms with Crippen LogP contribution < -0.4 is 10.2 Å². The lowest BCUT2D eigenvalue weighted by atomic mass is 10.1. The lowest BCUT2D eigenvalue weighted by Crippen LogP contribution is -2.17. The molecular weight excluding hydrogens is 316 g/mol. The first kappa shape index (κ1) is 16.8. The molecule has 2 aromatic carbocycles. The van der Waals surface area contributed by atoms with Crippen LogP contribution in [0.4, 0.5) is 11.4 Å². The van der Waals surface area contributed by atoms with Crippen molar-refractivity contribution in [3.63, 3.8) is 0 Å². The summed E-state index contributed by atoms with van der Waals surface area (Å²) < 4.78 is 4.63. The number of hydrogen-bond acceptors (Lipinski definition) is 4. The molecule has 0 radical (unpaired) electrons. The molecule has 120 valence electrons.